The van der Waals surface area contributed by atoms with Gasteiger partial charge in [-0.15, -0.1) is 0 Å². The predicted molar refractivity (Wildman–Crippen MR) is 122 cm³/mol. The first-order valence-electron chi connectivity index (χ1n) is 10.6. The van der Waals surface area contributed by atoms with Crippen molar-refractivity contribution in [1.29, 1.82) is 0 Å². The highest BCUT2D eigenvalue weighted by Gasteiger charge is 2.23. The molecule has 4 aromatic rings. The minimum atomic E-state index is -0.0610. The molecule has 156 valence electrons. The molecule has 1 atom stereocenters. The fourth-order valence-corrected chi connectivity index (χ4v) is 4.02. The minimum Gasteiger partial charge on any atom is -0.369 e. The Hall–Kier alpha value is -3.35. The van der Waals surface area contributed by atoms with Crippen LogP contribution in [-0.4, -0.2) is 39.5 Å². The van der Waals surface area contributed by atoms with Crippen molar-refractivity contribution in [3.8, 4) is 0 Å². The van der Waals surface area contributed by atoms with Crippen LogP contribution in [0, 0.1) is 6.92 Å². The van der Waals surface area contributed by atoms with Gasteiger partial charge in [-0.25, -0.2) is 9.97 Å². The zero-order valence-corrected chi connectivity index (χ0v) is 17.5. The van der Waals surface area contributed by atoms with E-state index in [1.54, 1.807) is 0 Å². The second kappa shape index (κ2) is 8.79. The summed E-state index contributed by atoms with van der Waals surface area (Å²) >= 11 is 0. The van der Waals surface area contributed by atoms with Crippen LogP contribution in [0.15, 0.2) is 72.9 Å². The summed E-state index contributed by atoms with van der Waals surface area (Å²) in [4.78, 5) is 16.2. The number of pyridine rings is 3. The standard InChI is InChI=1S/C25H25N5O/c1-18-6-2-11-24(27-18)29-25-12-4-10-22(28-25)23-17-30(14-15-31-23)16-19-7-3-9-21-20(19)8-5-13-26-21/h2-13,23H,14-17H2,1H3,(H,27,28,29)/t23-/m0/s1. The normalized spacial score (nSPS) is 17.0. The number of nitrogens with zero attached hydrogens (tertiary/aromatic N) is 4. The molecule has 1 aliphatic heterocycles. The number of nitrogens with one attached hydrogen (secondary N) is 1. The van der Waals surface area contributed by atoms with Crippen molar-refractivity contribution in [2.75, 3.05) is 25.0 Å². The summed E-state index contributed by atoms with van der Waals surface area (Å²) in [6.45, 7) is 5.24. The van der Waals surface area contributed by atoms with E-state index in [1.165, 1.54) is 10.9 Å². The van der Waals surface area contributed by atoms with Gasteiger partial charge in [-0.1, -0.05) is 30.3 Å². The van der Waals surface area contributed by atoms with Crippen LogP contribution in [0.3, 0.4) is 0 Å². The van der Waals surface area contributed by atoms with Gasteiger partial charge in [-0.05, 0) is 48.9 Å². The number of aromatic nitrogens is 3. The van der Waals surface area contributed by atoms with Crippen molar-refractivity contribution < 1.29 is 4.74 Å². The molecule has 1 aromatic carbocycles. The number of aryl methyl sites for hydroxylation is 1. The van der Waals surface area contributed by atoms with Gasteiger partial charge in [-0.2, -0.15) is 0 Å². The number of morpholine rings is 1. The smallest absolute Gasteiger partial charge is 0.131 e. The number of benzene rings is 1. The molecule has 6 heteroatoms. The monoisotopic (exact) mass is 411 g/mol. The van der Waals surface area contributed by atoms with Crippen LogP contribution in [0.25, 0.3) is 10.9 Å². The average molecular weight is 412 g/mol. The number of hydrogen-bond donors (Lipinski definition) is 1. The van der Waals surface area contributed by atoms with E-state index in [0.717, 1.165) is 48.2 Å². The third kappa shape index (κ3) is 4.55. The van der Waals surface area contributed by atoms with Gasteiger partial charge in [0.25, 0.3) is 0 Å². The molecule has 1 aliphatic rings. The molecule has 0 spiro atoms. The van der Waals surface area contributed by atoms with Gasteiger partial charge in [0.05, 0.1) is 17.8 Å². The first kappa shape index (κ1) is 19.6. The molecule has 1 N–H and O–H groups in total. The number of rotatable bonds is 5. The molecule has 4 heterocycles. The molecular formula is C25H25N5O. The number of hydrogen-bond acceptors (Lipinski definition) is 6. The van der Waals surface area contributed by atoms with Gasteiger partial charge in [-0.3, -0.25) is 9.88 Å². The molecule has 6 nitrogen and oxygen atoms in total. The van der Waals surface area contributed by atoms with Gasteiger partial charge >= 0.3 is 0 Å². The molecule has 3 aromatic heterocycles. The van der Waals surface area contributed by atoms with E-state index in [-0.39, 0.29) is 6.10 Å². The predicted octanol–water partition coefficient (Wildman–Crippen LogP) is 4.65. The molecule has 0 amide bonds. The average Bonchev–Trinajstić information content (AvgIpc) is 2.80. The number of ether oxygens (including phenoxy) is 1. The first-order valence-corrected chi connectivity index (χ1v) is 10.6. The van der Waals surface area contributed by atoms with Gasteiger partial charge in [0.1, 0.15) is 17.7 Å². The SMILES string of the molecule is Cc1cccc(Nc2cccc([C@@H]3CN(Cc4cccc5ncccc45)CCO3)n2)n1. The van der Waals surface area contributed by atoms with Crippen molar-refractivity contribution in [1.82, 2.24) is 19.9 Å². The molecule has 0 aliphatic carbocycles. The molecule has 5 rings (SSSR count). The van der Waals surface area contributed by atoms with Gasteiger partial charge < -0.3 is 10.1 Å². The Morgan fingerprint density at radius 1 is 0.968 bits per heavy atom. The van der Waals surface area contributed by atoms with Gasteiger partial charge in [0.15, 0.2) is 0 Å². The maximum absolute atomic E-state index is 6.08. The quantitative estimate of drug-likeness (QED) is 0.516. The highest BCUT2D eigenvalue weighted by atomic mass is 16.5. The lowest BCUT2D eigenvalue weighted by atomic mass is 10.1. The fraction of sp³-hybridized carbons (Fsp3) is 0.240. The van der Waals surface area contributed by atoms with E-state index in [0.29, 0.717) is 6.61 Å². The van der Waals surface area contributed by atoms with E-state index in [4.69, 9.17) is 9.72 Å². The fourth-order valence-electron chi connectivity index (χ4n) is 4.02. The molecule has 0 radical (unpaired) electrons. The van der Waals surface area contributed by atoms with Crippen LogP contribution in [0.4, 0.5) is 11.6 Å². The summed E-state index contributed by atoms with van der Waals surface area (Å²) in [7, 11) is 0. The topological polar surface area (TPSA) is 63.2 Å². The van der Waals surface area contributed by atoms with E-state index >= 15 is 0 Å². The van der Waals surface area contributed by atoms with E-state index in [1.807, 2.05) is 55.6 Å². The highest BCUT2D eigenvalue weighted by Crippen LogP contribution is 2.25. The van der Waals surface area contributed by atoms with E-state index < -0.39 is 0 Å². The van der Waals surface area contributed by atoms with Gasteiger partial charge in [0.2, 0.25) is 0 Å². The van der Waals surface area contributed by atoms with Crippen LogP contribution in [-0.2, 0) is 11.3 Å². The Kier molecular flexibility index (Phi) is 5.56. The largest absolute Gasteiger partial charge is 0.369 e. The highest BCUT2D eigenvalue weighted by molar-refractivity contribution is 5.81. The Labute approximate surface area is 181 Å². The maximum atomic E-state index is 6.08. The van der Waals surface area contributed by atoms with Crippen LogP contribution in [0.1, 0.15) is 23.1 Å². The molecule has 0 saturated carbocycles. The van der Waals surface area contributed by atoms with Crippen molar-refractivity contribution >= 4 is 22.5 Å². The van der Waals surface area contributed by atoms with Crippen LogP contribution in [0.2, 0.25) is 0 Å². The second-order valence-corrected chi connectivity index (χ2v) is 7.82. The number of anilines is 2. The molecular weight excluding hydrogens is 386 g/mol. The van der Waals surface area contributed by atoms with E-state index in [9.17, 15) is 0 Å². The van der Waals surface area contributed by atoms with Crippen molar-refractivity contribution in [2.45, 2.75) is 19.6 Å². The van der Waals surface area contributed by atoms with Crippen molar-refractivity contribution in [2.24, 2.45) is 0 Å². The Balaban J connectivity index is 1.31. The first-order chi connectivity index (χ1) is 15.2. The third-order valence-corrected chi connectivity index (χ3v) is 5.53. The molecule has 1 saturated heterocycles. The Morgan fingerprint density at radius 3 is 2.71 bits per heavy atom. The van der Waals surface area contributed by atoms with Crippen LogP contribution < -0.4 is 5.32 Å². The molecule has 1 fully saturated rings. The summed E-state index contributed by atoms with van der Waals surface area (Å²) in [5.74, 6) is 1.57. The number of fused-ring (bicyclic) bond motifs is 1. The second-order valence-electron chi connectivity index (χ2n) is 7.82. The lowest BCUT2D eigenvalue weighted by Crippen LogP contribution is -2.38. The zero-order valence-electron chi connectivity index (χ0n) is 17.5. The van der Waals surface area contributed by atoms with Crippen LogP contribution in [0.5, 0.6) is 0 Å². The minimum absolute atomic E-state index is 0.0610. The van der Waals surface area contributed by atoms with Crippen molar-refractivity contribution in [3.63, 3.8) is 0 Å². The Morgan fingerprint density at radius 2 is 1.81 bits per heavy atom. The summed E-state index contributed by atoms with van der Waals surface area (Å²) in [6.07, 6.45) is 1.78. The third-order valence-electron chi connectivity index (χ3n) is 5.53. The molecule has 0 bridgehead atoms. The lowest BCUT2D eigenvalue weighted by Gasteiger charge is -2.33. The van der Waals surface area contributed by atoms with E-state index in [2.05, 4.69) is 44.5 Å². The molecule has 31 heavy (non-hydrogen) atoms. The summed E-state index contributed by atoms with van der Waals surface area (Å²) < 4.78 is 6.08. The summed E-state index contributed by atoms with van der Waals surface area (Å²) in [5.41, 5.74) is 4.23. The van der Waals surface area contributed by atoms with Crippen molar-refractivity contribution in [3.05, 3.63) is 89.9 Å². The maximum Gasteiger partial charge on any atom is 0.131 e. The van der Waals surface area contributed by atoms with Gasteiger partial charge in [0, 0.05) is 36.9 Å². The zero-order chi connectivity index (χ0) is 21.0. The summed E-state index contributed by atoms with van der Waals surface area (Å²) in [5, 5.41) is 4.51. The van der Waals surface area contributed by atoms with Crippen LogP contribution >= 0.6 is 0 Å². The lowest BCUT2D eigenvalue weighted by molar-refractivity contribution is -0.0348. The molecule has 0 unspecified atom stereocenters. The summed E-state index contributed by atoms with van der Waals surface area (Å²) in [6, 6.07) is 22.4. The Bertz CT molecular complexity index is 1190.